The van der Waals surface area contributed by atoms with Crippen LogP contribution in [0.2, 0.25) is 0 Å². The largest absolute Gasteiger partial charge is 0.496 e. The number of nitrogens with zero attached hydrogens (tertiary/aromatic N) is 1. The van der Waals surface area contributed by atoms with Crippen LogP contribution in [0.1, 0.15) is 56.2 Å². The molecule has 1 aromatic rings. The molecule has 3 heteroatoms. The fourth-order valence-electron chi connectivity index (χ4n) is 3.28. The average Bonchev–Trinajstić information content (AvgIpc) is 2.54. The number of methoxy groups -OCH3 is 1. The van der Waals surface area contributed by atoms with E-state index in [1.807, 2.05) is 7.05 Å². The third-order valence-corrected chi connectivity index (χ3v) is 4.86. The summed E-state index contributed by atoms with van der Waals surface area (Å²) in [5, 5.41) is 3.31. The molecule has 0 bridgehead atoms. The quantitative estimate of drug-likeness (QED) is 0.864. The predicted octanol–water partition coefficient (Wildman–Crippen LogP) is 3.74. The molecule has 1 atom stereocenters. The van der Waals surface area contributed by atoms with Crippen LogP contribution in [0.15, 0.2) is 18.2 Å². The average molecular weight is 290 g/mol. The first-order valence-electron chi connectivity index (χ1n) is 8.20. The molecule has 1 aliphatic carbocycles. The minimum absolute atomic E-state index is 0.370. The fraction of sp³-hybridized carbons (Fsp3) is 0.667. The summed E-state index contributed by atoms with van der Waals surface area (Å²) in [7, 11) is 6.02. The van der Waals surface area contributed by atoms with Crippen molar-refractivity contribution < 1.29 is 4.74 Å². The summed E-state index contributed by atoms with van der Waals surface area (Å²) in [6.07, 6.45) is 6.84. The van der Waals surface area contributed by atoms with Gasteiger partial charge in [0.05, 0.1) is 7.11 Å². The van der Waals surface area contributed by atoms with Gasteiger partial charge in [0, 0.05) is 24.2 Å². The summed E-state index contributed by atoms with van der Waals surface area (Å²) in [4.78, 5) is 2.50. The van der Waals surface area contributed by atoms with E-state index < -0.39 is 0 Å². The lowest BCUT2D eigenvalue weighted by atomic mass is 9.94. The Bertz CT molecular complexity index is 441. The van der Waals surface area contributed by atoms with Crippen molar-refractivity contribution in [3.8, 4) is 5.75 Å². The van der Waals surface area contributed by atoms with Crippen molar-refractivity contribution in [2.24, 2.45) is 0 Å². The minimum Gasteiger partial charge on any atom is -0.496 e. The SMILES string of the molecule is CNC(C)c1ccc(OC)c(CN(C)C2CCCCC2)c1. The second-order valence-electron chi connectivity index (χ2n) is 6.29. The zero-order valence-electron chi connectivity index (χ0n) is 14.0. The normalized spacial score (nSPS) is 18.0. The maximum atomic E-state index is 5.55. The first-order chi connectivity index (χ1) is 10.2. The number of ether oxygens (including phenoxy) is 1. The number of nitrogens with one attached hydrogen (secondary N) is 1. The highest BCUT2D eigenvalue weighted by Gasteiger charge is 2.19. The third-order valence-electron chi connectivity index (χ3n) is 4.86. The first-order valence-corrected chi connectivity index (χ1v) is 8.20. The highest BCUT2D eigenvalue weighted by molar-refractivity contribution is 5.38. The number of benzene rings is 1. The number of hydrogen-bond acceptors (Lipinski definition) is 3. The van der Waals surface area contributed by atoms with Crippen LogP contribution in [0.5, 0.6) is 5.75 Å². The Morgan fingerprint density at radius 1 is 1.29 bits per heavy atom. The van der Waals surface area contributed by atoms with E-state index in [1.54, 1.807) is 7.11 Å². The molecule has 1 aromatic carbocycles. The van der Waals surface area contributed by atoms with E-state index in [0.29, 0.717) is 6.04 Å². The van der Waals surface area contributed by atoms with Crippen molar-refractivity contribution in [2.75, 3.05) is 21.2 Å². The molecule has 3 nitrogen and oxygen atoms in total. The van der Waals surface area contributed by atoms with Gasteiger partial charge >= 0.3 is 0 Å². The number of hydrogen-bond donors (Lipinski definition) is 1. The Kier molecular flexibility index (Phi) is 6.07. The molecule has 0 heterocycles. The lowest BCUT2D eigenvalue weighted by Gasteiger charge is -2.31. The van der Waals surface area contributed by atoms with E-state index in [0.717, 1.165) is 18.3 Å². The predicted molar refractivity (Wildman–Crippen MR) is 88.8 cm³/mol. The Hall–Kier alpha value is -1.06. The van der Waals surface area contributed by atoms with Gasteiger partial charge < -0.3 is 10.1 Å². The van der Waals surface area contributed by atoms with Crippen molar-refractivity contribution in [2.45, 2.75) is 57.7 Å². The van der Waals surface area contributed by atoms with E-state index in [4.69, 9.17) is 4.74 Å². The summed E-state index contributed by atoms with van der Waals surface area (Å²) >= 11 is 0. The molecule has 21 heavy (non-hydrogen) atoms. The molecule has 0 radical (unpaired) electrons. The Morgan fingerprint density at radius 3 is 2.62 bits per heavy atom. The van der Waals surface area contributed by atoms with Crippen LogP contribution in [0.3, 0.4) is 0 Å². The Labute approximate surface area is 129 Å². The summed E-state index contributed by atoms with van der Waals surface area (Å²) < 4.78 is 5.55. The van der Waals surface area contributed by atoms with Gasteiger partial charge in [0.2, 0.25) is 0 Å². The van der Waals surface area contributed by atoms with Crippen molar-refractivity contribution in [1.82, 2.24) is 10.2 Å². The number of rotatable bonds is 6. The van der Waals surface area contributed by atoms with Gasteiger partial charge in [-0.2, -0.15) is 0 Å². The van der Waals surface area contributed by atoms with Crippen LogP contribution in [0.4, 0.5) is 0 Å². The molecule has 1 N–H and O–H groups in total. The molecule has 1 fully saturated rings. The van der Waals surface area contributed by atoms with Gasteiger partial charge in [0.25, 0.3) is 0 Å². The molecule has 0 saturated heterocycles. The molecule has 0 aliphatic heterocycles. The van der Waals surface area contributed by atoms with Gasteiger partial charge in [-0.15, -0.1) is 0 Å². The second-order valence-corrected chi connectivity index (χ2v) is 6.29. The van der Waals surface area contributed by atoms with Crippen molar-refractivity contribution in [3.63, 3.8) is 0 Å². The van der Waals surface area contributed by atoms with E-state index in [9.17, 15) is 0 Å². The topological polar surface area (TPSA) is 24.5 Å². The highest BCUT2D eigenvalue weighted by atomic mass is 16.5. The lowest BCUT2D eigenvalue weighted by Crippen LogP contribution is -2.33. The summed E-state index contributed by atoms with van der Waals surface area (Å²) in [5.41, 5.74) is 2.62. The molecule has 118 valence electrons. The maximum absolute atomic E-state index is 5.55. The first kappa shape index (κ1) is 16.3. The summed E-state index contributed by atoms with van der Waals surface area (Å²) in [6, 6.07) is 7.65. The molecule has 1 unspecified atom stereocenters. The molecular formula is C18H30N2O. The Morgan fingerprint density at radius 2 is 2.00 bits per heavy atom. The maximum Gasteiger partial charge on any atom is 0.123 e. The van der Waals surface area contributed by atoms with Crippen LogP contribution in [-0.4, -0.2) is 32.1 Å². The van der Waals surface area contributed by atoms with Crippen molar-refractivity contribution in [3.05, 3.63) is 29.3 Å². The van der Waals surface area contributed by atoms with Gasteiger partial charge in [0.15, 0.2) is 0 Å². The van der Waals surface area contributed by atoms with Crippen LogP contribution < -0.4 is 10.1 Å². The standard InChI is InChI=1S/C18H30N2O/c1-14(19-2)15-10-11-18(21-4)16(12-15)13-20(3)17-8-6-5-7-9-17/h10-12,14,17,19H,5-9,13H2,1-4H3. The molecule has 0 aromatic heterocycles. The van der Waals surface area contributed by atoms with E-state index in [-0.39, 0.29) is 0 Å². The molecule has 1 saturated carbocycles. The molecule has 0 amide bonds. The van der Waals surface area contributed by atoms with Gasteiger partial charge in [-0.05, 0) is 51.6 Å². The van der Waals surface area contributed by atoms with Crippen LogP contribution in [-0.2, 0) is 6.54 Å². The smallest absolute Gasteiger partial charge is 0.123 e. The van der Waals surface area contributed by atoms with E-state index in [1.165, 1.54) is 43.2 Å². The van der Waals surface area contributed by atoms with Crippen molar-refractivity contribution in [1.29, 1.82) is 0 Å². The zero-order chi connectivity index (χ0) is 15.2. The van der Waals surface area contributed by atoms with Gasteiger partial charge in [0.1, 0.15) is 5.75 Å². The monoisotopic (exact) mass is 290 g/mol. The molecule has 1 aliphatic rings. The highest BCUT2D eigenvalue weighted by Crippen LogP contribution is 2.27. The lowest BCUT2D eigenvalue weighted by molar-refractivity contribution is 0.183. The summed E-state index contributed by atoms with van der Waals surface area (Å²) in [5.74, 6) is 1.00. The summed E-state index contributed by atoms with van der Waals surface area (Å²) in [6.45, 7) is 3.16. The van der Waals surface area contributed by atoms with Crippen LogP contribution in [0.25, 0.3) is 0 Å². The Balaban J connectivity index is 2.12. The molecule has 0 spiro atoms. The van der Waals surface area contributed by atoms with E-state index >= 15 is 0 Å². The molecular weight excluding hydrogens is 260 g/mol. The minimum atomic E-state index is 0.370. The van der Waals surface area contributed by atoms with E-state index in [2.05, 4.69) is 42.4 Å². The van der Waals surface area contributed by atoms with Gasteiger partial charge in [-0.3, -0.25) is 4.90 Å². The van der Waals surface area contributed by atoms with Gasteiger partial charge in [-0.1, -0.05) is 25.3 Å². The fourth-order valence-corrected chi connectivity index (χ4v) is 3.28. The van der Waals surface area contributed by atoms with Gasteiger partial charge in [-0.25, -0.2) is 0 Å². The zero-order valence-corrected chi connectivity index (χ0v) is 14.0. The second kappa shape index (κ2) is 7.81. The van der Waals surface area contributed by atoms with Crippen molar-refractivity contribution >= 4 is 0 Å². The molecule has 2 rings (SSSR count). The van der Waals surface area contributed by atoms with Crippen LogP contribution in [0, 0.1) is 0 Å². The third kappa shape index (κ3) is 4.21. The van der Waals surface area contributed by atoms with Crippen LogP contribution >= 0.6 is 0 Å².